The van der Waals surface area contributed by atoms with E-state index >= 15 is 0 Å². The molecule has 2 rings (SSSR count). The van der Waals surface area contributed by atoms with E-state index in [4.69, 9.17) is 4.98 Å². The van der Waals surface area contributed by atoms with Gasteiger partial charge in [0, 0.05) is 29.7 Å². The maximum Gasteiger partial charge on any atom is 0.0991 e. The number of rotatable bonds is 7. The van der Waals surface area contributed by atoms with Crippen LogP contribution in [0.15, 0.2) is 24.4 Å². The normalized spacial score (nSPS) is 11.2. The van der Waals surface area contributed by atoms with Crippen molar-refractivity contribution in [3.63, 3.8) is 0 Å². The molecule has 4 heteroatoms. The first-order chi connectivity index (χ1) is 9.70. The summed E-state index contributed by atoms with van der Waals surface area (Å²) in [5.74, 6) is 0.474. The summed E-state index contributed by atoms with van der Waals surface area (Å²) in [5, 5.41) is 4.65. The Morgan fingerprint density at radius 1 is 1.30 bits per heavy atom. The van der Waals surface area contributed by atoms with E-state index < -0.39 is 0 Å². The van der Waals surface area contributed by atoms with Crippen molar-refractivity contribution < 1.29 is 0 Å². The molecule has 0 saturated carbocycles. The molecule has 0 aliphatic heterocycles. The third-order valence-electron chi connectivity index (χ3n) is 3.09. The summed E-state index contributed by atoms with van der Waals surface area (Å²) in [6.07, 6.45) is 3.84. The van der Waals surface area contributed by atoms with Gasteiger partial charge in [-0.1, -0.05) is 26.8 Å². The molecule has 3 nitrogen and oxygen atoms in total. The minimum absolute atomic E-state index is 0.474. The lowest BCUT2D eigenvalue weighted by atomic mass is 10.1. The summed E-state index contributed by atoms with van der Waals surface area (Å²) in [5.41, 5.74) is 2.33. The van der Waals surface area contributed by atoms with Crippen LogP contribution in [0.1, 0.15) is 54.4 Å². The highest BCUT2D eigenvalue weighted by atomic mass is 32.1. The summed E-state index contributed by atoms with van der Waals surface area (Å²) in [6.45, 7) is 8.60. The molecule has 20 heavy (non-hydrogen) atoms. The van der Waals surface area contributed by atoms with Crippen LogP contribution < -0.4 is 5.32 Å². The minimum atomic E-state index is 0.474. The Labute approximate surface area is 125 Å². The zero-order valence-corrected chi connectivity index (χ0v) is 13.3. The molecular weight excluding hydrogens is 266 g/mol. The van der Waals surface area contributed by atoms with Gasteiger partial charge in [-0.2, -0.15) is 0 Å². The Morgan fingerprint density at radius 2 is 2.15 bits per heavy atom. The zero-order chi connectivity index (χ0) is 14.4. The van der Waals surface area contributed by atoms with E-state index in [1.807, 2.05) is 29.7 Å². The van der Waals surface area contributed by atoms with Gasteiger partial charge in [-0.05, 0) is 31.0 Å². The molecule has 0 aliphatic rings. The summed E-state index contributed by atoms with van der Waals surface area (Å²) >= 11 is 1.82. The molecule has 108 valence electrons. The Morgan fingerprint density at radius 3 is 2.80 bits per heavy atom. The van der Waals surface area contributed by atoms with Gasteiger partial charge in [0.05, 0.1) is 10.7 Å². The molecule has 2 aromatic rings. The Balaban J connectivity index is 2.12. The van der Waals surface area contributed by atoms with Crippen molar-refractivity contribution in [2.45, 2.75) is 46.1 Å². The van der Waals surface area contributed by atoms with Gasteiger partial charge < -0.3 is 5.32 Å². The average molecular weight is 289 g/mol. The molecule has 2 aromatic heterocycles. The predicted molar refractivity (Wildman–Crippen MR) is 85.2 cm³/mol. The van der Waals surface area contributed by atoms with Crippen LogP contribution in [0.4, 0.5) is 0 Å². The monoisotopic (exact) mass is 289 g/mol. The fourth-order valence-corrected chi connectivity index (χ4v) is 3.31. The second kappa shape index (κ2) is 7.50. The van der Waals surface area contributed by atoms with E-state index in [0.717, 1.165) is 31.6 Å². The number of thiazole rings is 1. The number of pyridine rings is 1. The van der Waals surface area contributed by atoms with Crippen molar-refractivity contribution in [1.29, 1.82) is 0 Å². The lowest BCUT2D eigenvalue weighted by molar-refractivity contribution is 0.670. The molecule has 0 saturated heterocycles. The van der Waals surface area contributed by atoms with Crippen molar-refractivity contribution in [1.82, 2.24) is 15.3 Å². The van der Waals surface area contributed by atoms with Crippen molar-refractivity contribution >= 4 is 11.3 Å². The number of nitrogens with zero attached hydrogens (tertiary/aromatic N) is 2. The standard InChI is InChI=1S/C16H23N3S/c1-4-8-17-11-14-16(12(2)3)19-15(20-14)10-13-7-5-6-9-18-13/h5-7,9,12,17H,4,8,10-11H2,1-3H3. The third-order valence-corrected chi connectivity index (χ3v) is 4.16. The summed E-state index contributed by atoms with van der Waals surface area (Å²) in [4.78, 5) is 10.6. The van der Waals surface area contributed by atoms with Crippen LogP contribution in [0.5, 0.6) is 0 Å². The highest BCUT2D eigenvalue weighted by molar-refractivity contribution is 7.11. The second-order valence-electron chi connectivity index (χ2n) is 5.25. The van der Waals surface area contributed by atoms with Crippen molar-refractivity contribution in [3.05, 3.63) is 45.7 Å². The highest BCUT2D eigenvalue weighted by Gasteiger charge is 2.14. The zero-order valence-electron chi connectivity index (χ0n) is 12.5. The Bertz CT molecular complexity index is 520. The number of nitrogens with one attached hydrogen (secondary N) is 1. The molecule has 0 unspecified atom stereocenters. The van der Waals surface area contributed by atoms with Crippen LogP contribution in [0.25, 0.3) is 0 Å². The Kier molecular flexibility index (Phi) is 5.68. The summed E-state index contributed by atoms with van der Waals surface area (Å²) in [6, 6.07) is 6.04. The van der Waals surface area contributed by atoms with Gasteiger partial charge in [0.15, 0.2) is 0 Å². The van der Waals surface area contributed by atoms with Gasteiger partial charge >= 0.3 is 0 Å². The van der Waals surface area contributed by atoms with E-state index in [2.05, 4.69) is 37.1 Å². The predicted octanol–water partition coefficient (Wildman–Crippen LogP) is 3.75. The van der Waals surface area contributed by atoms with Crippen LogP contribution in [0, 0.1) is 0 Å². The lowest BCUT2D eigenvalue weighted by Gasteiger charge is -2.05. The first-order valence-electron chi connectivity index (χ1n) is 7.29. The molecule has 0 amide bonds. The van der Waals surface area contributed by atoms with Gasteiger partial charge in [0.25, 0.3) is 0 Å². The molecule has 0 aliphatic carbocycles. The molecule has 2 heterocycles. The molecule has 0 bridgehead atoms. The van der Waals surface area contributed by atoms with E-state index in [1.54, 1.807) is 0 Å². The Hall–Kier alpha value is -1.26. The quantitative estimate of drug-likeness (QED) is 0.789. The molecule has 1 N–H and O–H groups in total. The topological polar surface area (TPSA) is 37.8 Å². The number of hydrogen-bond acceptors (Lipinski definition) is 4. The van der Waals surface area contributed by atoms with Crippen molar-refractivity contribution in [3.8, 4) is 0 Å². The molecule has 0 aromatic carbocycles. The fourth-order valence-electron chi connectivity index (χ4n) is 2.10. The molecule has 0 radical (unpaired) electrons. The molecule has 0 fully saturated rings. The summed E-state index contributed by atoms with van der Waals surface area (Å²) < 4.78 is 0. The van der Waals surface area contributed by atoms with Crippen LogP contribution in [0.2, 0.25) is 0 Å². The first kappa shape index (κ1) is 15.1. The van der Waals surface area contributed by atoms with Crippen molar-refractivity contribution in [2.24, 2.45) is 0 Å². The van der Waals surface area contributed by atoms with Gasteiger partial charge in [-0.15, -0.1) is 11.3 Å². The fraction of sp³-hybridized carbons (Fsp3) is 0.500. The lowest BCUT2D eigenvalue weighted by Crippen LogP contribution is -2.14. The molecular formula is C16H23N3S. The van der Waals surface area contributed by atoms with E-state index in [-0.39, 0.29) is 0 Å². The summed E-state index contributed by atoms with van der Waals surface area (Å²) in [7, 11) is 0. The van der Waals surface area contributed by atoms with Crippen LogP contribution >= 0.6 is 11.3 Å². The van der Waals surface area contributed by atoms with Crippen molar-refractivity contribution in [2.75, 3.05) is 6.54 Å². The molecule has 0 atom stereocenters. The third kappa shape index (κ3) is 4.12. The van der Waals surface area contributed by atoms with Gasteiger partial charge in [0.2, 0.25) is 0 Å². The highest BCUT2D eigenvalue weighted by Crippen LogP contribution is 2.26. The SMILES string of the molecule is CCCNCc1sc(Cc2ccccn2)nc1C(C)C. The first-order valence-corrected chi connectivity index (χ1v) is 8.11. The van der Waals surface area contributed by atoms with Crippen LogP contribution in [-0.2, 0) is 13.0 Å². The van der Waals surface area contributed by atoms with Gasteiger partial charge in [-0.3, -0.25) is 4.98 Å². The van der Waals surface area contributed by atoms with Crippen LogP contribution in [-0.4, -0.2) is 16.5 Å². The number of aromatic nitrogens is 2. The number of hydrogen-bond donors (Lipinski definition) is 1. The maximum atomic E-state index is 4.82. The van der Waals surface area contributed by atoms with Crippen LogP contribution in [0.3, 0.4) is 0 Å². The van der Waals surface area contributed by atoms with E-state index in [9.17, 15) is 0 Å². The second-order valence-corrected chi connectivity index (χ2v) is 6.41. The largest absolute Gasteiger partial charge is 0.312 e. The smallest absolute Gasteiger partial charge is 0.0991 e. The van der Waals surface area contributed by atoms with Gasteiger partial charge in [-0.25, -0.2) is 4.98 Å². The molecule has 0 spiro atoms. The van der Waals surface area contributed by atoms with E-state index in [0.29, 0.717) is 5.92 Å². The van der Waals surface area contributed by atoms with E-state index in [1.165, 1.54) is 15.6 Å². The average Bonchev–Trinajstić information content (AvgIpc) is 2.83. The minimum Gasteiger partial charge on any atom is -0.312 e. The maximum absolute atomic E-state index is 4.82. The van der Waals surface area contributed by atoms with Gasteiger partial charge in [0.1, 0.15) is 0 Å².